The molecule has 1 aliphatic rings. The van der Waals surface area contributed by atoms with Crippen LogP contribution in [0.2, 0.25) is 0 Å². The number of nitrogens with zero attached hydrogens (tertiary/aromatic N) is 1. The molecule has 23 heavy (non-hydrogen) atoms. The van der Waals surface area contributed by atoms with Crippen LogP contribution in [-0.4, -0.2) is 41.6 Å². The van der Waals surface area contributed by atoms with Gasteiger partial charge in [0.05, 0.1) is 18.8 Å². The highest BCUT2D eigenvalue weighted by molar-refractivity contribution is 5.95. The minimum atomic E-state index is -1.13. The van der Waals surface area contributed by atoms with Crippen molar-refractivity contribution in [1.82, 2.24) is 4.90 Å². The first kappa shape index (κ1) is 15.4. The van der Waals surface area contributed by atoms with Crippen LogP contribution in [0, 0.1) is 0 Å². The highest BCUT2D eigenvalue weighted by atomic mass is 16.5. The van der Waals surface area contributed by atoms with Gasteiger partial charge in [-0.3, -0.25) is 4.79 Å². The zero-order chi connectivity index (χ0) is 16.4. The van der Waals surface area contributed by atoms with E-state index in [2.05, 4.69) is 0 Å². The minimum Gasteiger partial charge on any atom is -0.478 e. The second-order valence-electron chi connectivity index (χ2n) is 5.25. The molecular formula is C16H17NO6. The average molecular weight is 319 g/mol. The molecule has 2 aromatic heterocycles. The number of ether oxygens (including phenoxy) is 1. The first-order valence-electron chi connectivity index (χ1n) is 7.39. The monoisotopic (exact) mass is 319 g/mol. The van der Waals surface area contributed by atoms with Crippen molar-refractivity contribution in [2.75, 3.05) is 19.8 Å². The van der Waals surface area contributed by atoms with Crippen LogP contribution >= 0.6 is 0 Å². The SMILES string of the molecule is CCc1ccc(C2COCCN2C(=O)c2cc(C(=O)O)co2)o1. The Labute approximate surface area is 132 Å². The van der Waals surface area contributed by atoms with E-state index in [1.165, 1.54) is 6.07 Å². The normalized spacial score (nSPS) is 18.1. The van der Waals surface area contributed by atoms with Crippen molar-refractivity contribution < 1.29 is 28.3 Å². The molecule has 1 amide bonds. The van der Waals surface area contributed by atoms with E-state index in [9.17, 15) is 9.59 Å². The highest BCUT2D eigenvalue weighted by Crippen LogP contribution is 2.28. The molecule has 7 heteroatoms. The molecule has 7 nitrogen and oxygen atoms in total. The third kappa shape index (κ3) is 3.00. The Bertz CT molecular complexity index is 716. The van der Waals surface area contributed by atoms with Gasteiger partial charge >= 0.3 is 5.97 Å². The second-order valence-corrected chi connectivity index (χ2v) is 5.25. The maximum atomic E-state index is 12.6. The second kappa shape index (κ2) is 6.29. The van der Waals surface area contributed by atoms with Crippen LogP contribution in [0.3, 0.4) is 0 Å². The van der Waals surface area contributed by atoms with Crippen LogP contribution < -0.4 is 0 Å². The molecule has 3 rings (SSSR count). The molecule has 0 saturated carbocycles. The van der Waals surface area contributed by atoms with Gasteiger partial charge < -0.3 is 23.6 Å². The minimum absolute atomic E-state index is 0.00317. The fourth-order valence-corrected chi connectivity index (χ4v) is 2.55. The number of carbonyl (C=O) groups excluding carboxylic acids is 1. The molecule has 1 N–H and O–H groups in total. The molecule has 1 unspecified atom stereocenters. The quantitative estimate of drug-likeness (QED) is 0.930. The molecule has 0 radical (unpaired) electrons. The lowest BCUT2D eigenvalue weighted by molar-refractivity contribution is -0.0105. The smallest absolute Gasteiger partial charge is 0.338 e. The molecule has 0 spiro atoms. The van der Waals surface area contributed by atoms with E-state index in [1.54, 1.807) is 4.90 Å². The first-order chi connectivity index (χ1) is 11.1. The van der Waals surface area contributed by atoms with Crippen molar-refractivity contribution in [2.45, 2.75) is 19.4 Å². The summed E-state index contributed by atoms with van der Waals surface area (Å²) in [5.41, 5.74) is -0.0515. The summed E-state index contributed by atoms with van der Waals surface area (Å²) in [5, 5.41) is 8.93. The van der Waals surface area contributed by atoms with Crippen LogP contribution in [0.15, 0.2) is 33.3 Å². The number of carboxylic acid groups (broad SMARTS) is 1. The molecule has 0 aliphatic carbocycles. The number of aromatic carboxylic acids is 1. The van der Waals surface area contributed by atoms with Gasteiger partial charge in [0.15, 0.2) is 5.76 Å². The molecule has 0 bridgehead atoms. The topological polar surface area (TPSA) is 93.1 Å². The third-order valence-electron chi connectivity index (χ3n) is 3.81. The van der Waals surface area contributed by atoms with Crippen molar-refractivity contribution in [1.29, 1.82) is 0 Å². The van der Waals surface area contributed by atoms with E-state index in [0.717, 1.165) is 18.4 Å². The third-order valence-corrected chi connectivity index (χ3v) is 3.81. The van der Waals surface area contributed by atoms with Gasteiger partial charge in [0, 0.05) is 19.0 Å². The van der Waals surface area contributed by atoms with Crippen molar-refractivity contribution in [3.8, 4) is 0 Å². The van der Waals surface area contributed by atoms with E-state index in [1.807, 2.05) is 19.1 Å². The summed E-state index contributed by atoms with van der Waals surface area (Å²) in [6.07, 6.45) is 1.83. The summed E-state index contributed by atoms with van der Waals surface area (Å²) in [5.74, 6) is -0.0224. The highest BCUT2D eigenvalue weighted by Gasteiger charge is 2.33. The molecule has 122 valence electrons. The molecule has 1 fully saturated rings. The van der Waals surface area contributed by atoms with Crippen molar-refractivity contribution in [2.24, 2.45) is 0 Å². The van der Waals surface area contributed by atoms with E-state index >= 15 is 0 Å². The first-order valence-corrected chi connectivity index (χ1v) is 7.39. The van der Waals surface area contributed by atoms with Gasteiger partial charge in [-0.15, -0.1) is 0 Å². The fraction of sp³-hybridized carbons (Fsp3) is 0.375. The van der Waals surface area contributed by atoms with Gasteiger partial charge in [0.2, 0.25) is 0 Å². The number of hydrogen-bond acceptors (Lipinski definition) is 5. The Morgan fingerprint density at radius 3 is 2.87 bits per heavy atom. The summed E-state index contributed by atoms with van der Waals surface area (Å²) in [4.78, 5) is 25.1. The van der Waals surface area contributed by atoms with Gasteiger partial charge in [-0.25, -0.2) is 4.79 Å². The average Bonchev–Trinajstić information content (AvgIpc) is 3.23. The van der Waals surface area contributed by atoms with E-state index in [4.69, 9.17) is 18.7 Å². The van der Waals surface area contributed by atoms with Crippen molar-refractivity contribution in [3.05, 3.63) is 47.3 Å². The lowest BCUT2D eigenvalue weighted by Gasteiger charge is -2.33. The number of carbonyl (C=O) groups is 2. The molecule has 0 aromatic carbocycles. The standard InChI is InChI=1S/C16H17NO6/c1-2-11-3-4-13(23-11)12-9-21-6-5-17(12)15(18)14-7-10(8-22-14)16(19)20/h3-4,7-8,12H,2,5-6,9H2,1H3,(H,19,20). The van der Waals surface area contributed by atoms with Gasteiger partial charge in [0.25, 0.3) is 5.91 Å². The molecule has 1 aliphatic heterocycles. The number of aryl methyl sites for hydroxylation is 1. The van der Waals surface area contributed by atoms with Crippen molar-refractivity contribution >= 4 is 11.9 Å². The van der Waals surface area contributed by atoms with E-state index < -0.39 is 5.97 Å². The zero-order valence-electron chi connectivity index (χ0n) is 12.7. The lowest BCUT2D eigenvalue weighted by atomic mass is 10.1. The summed E-state index contributed by atoms with van der Waals surface area (Å²) in [7, 11) is 0. The number of furan rings is 2. The Morgan fingerprint density at radius 2 is 2.22 bits per heavy atom. The van der Waals surface area contributed by atoms with Gasteiger partial charge in [-0.05, 0) is 12.1 Å². The van der Waals surface area contributed by atoms with Crippen LogP contribution in [0.1, 0.15) is 45.4 Å². The molecule has 3 heterocycles. The molecule has 1 atom stereocenters. The van der Waals surface area contributed by atoms with Crippen LogP contribution in [0.4, 0.5) is 0 Å². The van der Waals surface area contributed by atoms with Gasteiger partial charge in [0.1, 0.15) is 23.8 Å². The summed E-state index contributed by atoms with van der Waals surface area (Å²) in [6, 6.07) is 4.59. The predicted octanol–water partition coefficient (Wildman–Crippen LogP) is 2.35. The number of amides is 1. The maximum absolute atomic E-state index is 12.6. The number of morpholine rings is 1. The summed E-state index contributed by atoms with van der Waals surface area (Å²) in [6.45, 7) is 3.11. The van der Waals surface area contributed by atoms with Crippen LogP contribution in [0.5, 0.6) is 0 Å². The largest absolute Gasteiger partial charge is 0.478 e. The Kier molecular flexibility index (Phi) is 4.20. The zero-order valence-corrected chi connectivity index (χ0v) is 12.7. The number of hydrogen-bond donors (Lipinski definition) is 1. The Balaban J connectivity index is 1.85. The fourth-order valence-electron chi connectivity index (χ4n) is 2.55. The van der Waals surface area contributed by atoms with Crippen molar-refractivity contribution in [3.63, 3.8) is 0 Å². The summed E-state index contributed by atoms with van der Waals surface area (Å²) >= 11 is 0. The molecular weight excluding hydrogens is 302 g/mol. The van der Waals surface area contributed by atoms with Gasteiger partial charge in [-0.1, -0.05) is 6.92 Å². The molecule has 1 saturated heterocycles. The van der Waals surface area contributed by atoms with Gasteiger partial charge in [-0.2, -0.15) is 0 Å². The van der Waals surface area contributed by atoms with E-state index in [-0.39, 0.29) is 23.3 Å². The van der Waals surface area contributed by atoms with Crippen LogP contribution in [0.25, 0.3) is 0 Å². The number of carboxylic acids is 1. The Hall–Kier alpha value is -2.54. The van der Waals surface area contributed by atoms with Crippen LogP contribution in [-0.2, 0) is 11.2 Å². The lowest BCUT2D eigenvalue weighted by Crippen LogP contribution is -2.43. The number of rotatable bonds is 4. The molecule has 2 aromatic rings. The summed E-state index contributed by atoms with van der Waals surface area (Å²) < 4.78 is 16.3. The van der Waals surface area contributed by atoms with E-state index in [0.29, 0.717) is 25.5 Å². The Morgan fingerprint density at radius 1 is 1.39 bits per heavy atom. The maximum Gasteiger partial charge on any atom is 0.338 e. The predicted molar refractivity (Wildman–Crippen MR) is 78.3 cm³/mol.